The van der Waals surface area contributed by atoms with Gasteiger partial charge in [0.1, 0.15) is 18.4 Å². The third-order valence-corrected chi connectivity index (χ3v) is 3.46. The van der Waals surface area contributed by atoms with E-state index in [0.717, 1.165) is 11.4 Å². The molecule has 1 aromatic carbocycles. The second-order valence-electron chi connectivity index (χ2n) is 4.82. The molecule has 2 aliphatic rings. The lowest BCUT2D eigenvalue weighted by molar-refractivity contribution is -0.119. The van der Waals surface area contributed by atoms with Crippen LogP contribution in [-0.2, 0) is 4.79 Å². The fraction of sp³-hybridized carbons (Fsp3) is 0.462. The van der Waals surface area contributed by atoms with Crippen molar-refractivity contribution in [1.82, 2.24) is 0 Å². The first-order chi connectivity index (χ1) is 8.16. The molecule has 0 saturated heterocycles. The normalized spacial score (nSPS) is 24.0. The minimum atomic E-state index is -0.572. The number of ether oxygens (including phenoxy) is 1. The minimum absolute atomic E-state index is 0.0945. The van der Waals surface area contributed by atoms with Crippen LogP contribution >= 0.6 is 0 Å². The lowest BCUT2D eigenvalue weighted by Crippen LogP contribution is -2.43. The second-order valence-corrected chi connectivity index (χ2v) is 4.82. The molecule has 1 aromatic rings. The summed E-state index contributed by atoms with van der Waals surface area (Å²) in [5.41, 5.74) is 7.86. The third kappa shape index (κ3) is 1.78. The van der Waals surface area contributed by atoms with E-state index in [1.165, 1.54) is 18.4 Å². The number of nitrogens with two attached hydrogens (primary N) is 1. The number of carbonyl (C=O) groups excluding carboxylic acids is 1. The molecule has 4 nitrogen and oxygen atoms in total. The fourth-order valence-corrected chi connectivity index (χ4v) is 2.21. The van der Waals surface area contributed by atoms with Gasteiger partial charge in [0.05, 0.1) is 5.69 Å². The van der Waals surface area contributed by atoms with Crippen molar-refractivity contribution in [2.45, 2.75) is 24.8 Å². The summed E-state index contributed by atoms with van der Waals surface area (Å²) >= 11 is 0. The van der Waals surface area contributed by atoms with E-state index in [1.807, 2.05) is 6.07 Å². The second kappa shape index (κ2) is 3.74. The summed E-state index contributed by atoms with van der Waals surface area (Å²) < 4.78 is 5.63. The fourth-order valence-electron chi connectivity index (χ4n) is 2.21. The van der Waals surface area contributed by atoms with Crippen LogP contribution in [0.2, 0.25) is 0 Å². The van der Waals surface area contributed by atoms with Gasteiger partial charge in [-0.1, -0.05) is 6.07 Å². The molecule has 0 spiro atoms. The number of fused-ring (bicyclic) bond motifs is 1. The van der Waals surface area contributed by atoms with Crippen LogP contribution in [0.4, 0.5) is 5.69 Å². The van der Waals surface area contributed by atoms with E-state index in [1.54, 1.807) is 11.9 Å². The van der Waals surface area contributed by atoms with E-state index in [4.69, 9.17) is 10.5 Å². The van der Waals surface area contributed by atoms with Gasteiger partial charge in [-0.2, -0.15) is 0 Å². The Kier molecular flexibility index (Phi) is 2.33. The van der Waals surface area contributed by atoms with Crippen LogP contribution in [0.5, 0.6) is 5.75 Å². The molecule has 17 heavy (non-hydrogen) atoms. The number of anilines is 1. The summed E-state index contributed by atoms with van der Waals surface area (Å²) in [5.74, 6) is 1.36. The van der Waals surface area contributed by atoms with E-state index < -0.39 is 6.04 Å². The van der Waals surface area contributed by atoms with E-state index in [2.05, 4.69) is 12.1 Å². The molecular formula is C13H16N2O2. The number of hydrogen-bond acceptors (Lipinski definition) is 3. The summed E-state index contributed by atoms with van der Waals surface area (Å²) in [5, 5.41) is 0. The van der Waals surface area contributed by atoms with Crippen LogP contribution in [-0.4, -0.2) is 25.6 Å². The first-order valence-electron chi connectivity index (χ1n) is 5.96. The maximum Gasteiger partial charge on any atom is 0.247 e. The van der Waals surface area contributed by atoms with Gasteiger partial charge in [0.2, 0.25) is 5.91 Å². The number of carbonyl (C=O) groups is 1. The Balaban J connectivity index is 2.00. The average molecular weight is 232 g/mol. The quantitative estimate of drug-likeness (QED) is 0.792. The van der Waals surface area contributed by atoms with Crippen molar-refractivity contribution in [3.63, 3.8) is 0 Å². The standard InChI is InChI=1S/C13H16N2O2/c1-15-11-5-4-9(8-2-3-8)6-12(11)17-7-10(14)13(15)16/h4-6,8,10H,2-3,7,14H2,1H3. The first kappa shape index (κ1) is 10.6. The number of hydrogen-bond donors (Lipinski definition) is 1. The molecule has 1 atom stereocenters. The smallest absolute Gasteiger partial charge is 0.247 e. The Morgan fingerprint density at radius 2 is 2.18 bits per heavy atom. The van der Waals surface area contributed by atoms with Crippen LogP contribution in [0.15, 0.2) is 18.2 Å². The average Bonchev–Trinajstić information content (AvgIpc) is 3.17. The van der Waals surface area contributed by atoms with E-state index in [-0.39, 0.29) is 12.5 Å². The molecule has 1 unspecified atom stereocenters. The van der Waals surface area contributed by atoms with Crippen molar-refractivity contribution in [3.05, 3.63) is 23.8 Å². The molecule has 0 radical (unpaired) electrons. The molecule has 1 heterocycles. The lowest BCUT2D eigenvalue weighted by Gasteiger charge is -2.17. The molecule has 2 N–H and O–H groups in total. The molecular weight excluding hydrogens is 216 g/mol. The number of amides is 1. The van der Waals surface area contributed by atoms with E-state index in [9.17, 15) is 4.79 Å². The van der Waals surface area contributed by atoms with Crippen molar-refractivity contribution < 1.29 is 9.53 Å². The van der Waals surface area contributed by atoms with Gasteiger partial charge in [-0.05, 0) is 36.5 Å². The Bertz CT molecular complexity index is 468. The number of rotatable bonds is 1. The molecule has 1 fully saturated rings. The summed E-state index contributed by atoms with van der Waals surface area (Å²) in [7, 11) is 1.74. The topological polar surface area (TPSA) is 55.6 Å². The van der Waals surface area contributed by atoms with Crippen molar-refractivity contribution >= 4 is 11.6 Å². The van der Waals surface area contributed by atoms with Gasteiger partial charge in [-0.25, -0.2) is 0 Å². The number of nitrogens with zero attached hydrogens (tertiary/aromatic N) is 1. The van der Waals surface area contributed by atoms with Gasteiger partial charge in [-0.15, -0.1) is 0 Å². The summed E-state index contributed by atoms with van der Waals surface area (Å²) in [6.45, 7) is 0.254. The van der Waals surface area contributed by atoms with Crippen molar-refractivity contribution in [3.8, 4) is 5.75 Å². The Labute approximate surface area is 100 Å². The SMILES string of the molecule is CN1C(=O)C(N)COc2cc(C3CC3)ccc21. The number of likely N-dealkylation sites (N-methyl/N-ethyl adjacent to an activating group) is 1. The van der Waals surface area contributed by atoms with Crippen molar-refractivity contribution in [1.29, 1.82) is 0 Å². The van der Waals surface area contributed by atoms with Gasteiger partial charge in [0, 0.05) is 7.05 Å². The van der Waals surface area contributed by atoms with Gasteiger partial charge in [-0.3, -0.25) is 4.79 Å². The molecule has 3 rings (SSSR count). The monoisotopic (exact) mass is 232 g/mol. The third-order valence-electron chi connectivity index (χ3n) is 3.46. The maximum atomic E-state index is 11.9. The van der Waals surface area contributed by atoms with Crippen LogP contribution < -0.4 is 15.4 Å². The Morgan fingerprint density at radius 1 is 1.41 bits per heavy atom. The van der Waals surface area contributed by atoms with E-state index in [0.29, 0.717) is 5.92 Å². The molecule has 1 saturated carbocycles. The largest absolute Gasteiger partial charge is 0.489 e. The summed E-state index contributed by atoms with van der Waals surface area (Å²) in [6.07, 6.45) is 2.51. The molecule has 0 aromatic heterocycles. The highest BCUT2D eigenvalue weighted by molar-refractivity contribution is 5.98. The molecule has 1 amide bonds. The molecule has 0 bridgehead atoms. The Morgan fingerprint density at radius 3 is 2.88 bits per heavy atom. The number of benzene rings is 1. The van der Waals surface area contributed by atoms with Gasteiger partial charge in [0.15, 0.2) is 0 Å². The van der Waals surface area contributed by atoms with Crippen molar-refractivity contribution in [2.24, 2.45) is 5.73 Å². The van der Waals surface area contributed by atoms with Gasteiger partial charge in [0.25, 0.3) is 0 Å². The molecule has 90 valence electrons. The van der Waals surface area contributed by atoms with Gasteiger partial charge >= 0.3 is 0 Å². The zero-order valence-corrected chi connectivity index (χ0v) is 9.85. The molecule has 1 aliphatic carbocycles. The highest BCUT2D eigenvalue weighted by atomic mass is 16.5. The summed E-state index contributed by atoms with van der Waals surface area (Å²) in [4.78, 5) is 13.4. The van der Waals surface area contributed by atoms with Crippen molar-refractivity contribution in [2.75, 3.05) is 18.6 Å². The van der Waals surface area contributed by atoms with E-state index >= 15 is 0 Å². The zero-order valence-electron chi connectivity index (χ0n) is 9.85. The zero-order chi connectivity index (χ0) is 12.0. The van der Waals surface area contributed by atoms with Crippen LogP contribution in [0, 0.1) is 0 Å². The summed E-state index contributed by atoms with van der Waals surface area (Å²) in [6, 6.07) is 5.52. The predicted octanol–water partition coefficient (Wildman–Crippen LogP) is 1.25. The first-order valence-corrected chi connectivity index (χ1v) is 5.96. The molecule has 4 heteroatoms. The predicted molar refractivity (Wildman–Crippen MR) is 65.3 cm³/mol. The van der Waals surface area contributed by atoms with Crippen LogP contribution in [0.1, 0.15) is 24.3 Å². The Hall–Kier alpha value is -1.55. The van der Waals surface area contributed by atoms with Crippen LogP contribution in [0.3, 0.4) is 0 Å². The highest BCUT2D eigenvalue weighted by Crippen LogP contribution is 2.43. The maximum absolute atomic E-state index is 11.9. The lowest BCUT2D eigenvalue weighted by atomic mass is 10.1. The molecule has 1 aliphatic heterocycles. The highest BCUT2D eigenvalue weighted by Gasteiger charge is 2.29. The minimum Gasteiger partial charge on any atom is -0.489 e. The van der Waals surface area contributed by atoms with Crippen LogP contribution in [0.25, 0.3) is 0 Å². The van der Waals surface area contributed by atoms with Gasteiger partial charge < -0.3 is 15.4 Å².